The summed E-state index contributed by atoms with van der Waals surface area (Å²) >= 11 is 0. The fourth-order valence-corrected chi connectivity index (χ4v) is 4.02. The number of esters is 1. The van der Waals surface area contributed by atoms with Crippen molar-refractivity contribution in [1.82, 2.24) is 5.32 Å². The molecule has 0 amide bonds. The number of piperidine rings is 2. The molecule has 2 fully saturated rings. The average Bonchev–Trinajstić information content (AvgIpc) is 2.63. The van der Waals surface area contributed by atoms with Gasteiger partial charge in [-0.15, -0.1) is 0 Å². The summed E-state index contributed by atoms with van der Waals surface area (Å²) in [4.78, 5) is 14.4. The standard InChI is InChI=1S/C20H30N2O2/c1-3-24-20(23)17-8-12-22(13-9-17)19-14-15(2)4-5-18(19)16-6-10-21-11-7-16/h4-5,14,16-17,21H,3,6-13H2,1-2H3. The van der Waals surface area contributed by atoms with Crippen molar-refractivity contribution in [2.24, 2.45) is 5.92 Å². The molecule has 1 N–H and O–H groups in total. The first-order chi connectivity index (χ1) is 11.7. The molecule has 24 heavy (non-hydrogen) atoms. The van der Waals surface area contributed by atoms with Gasteiger partial charge in [0, 0.05) is 18.8 Å². The van der Waals surface area contributed by atoms with Gasteiger partial charge >= 0.3 is 5.97 Å². The van der Waals surface area contributed by atoms with Gasteiger partial charge in [-0.25, -0.2) is 0 Å². The summed E-state index contributed by atoms with van der Waals surface area (Å²) in [6, 6.07) is 6.91. The molecule has 0 aromatic heterocycles. The number of ether oxygens (including phenoxy) is 1. The zero-order valence-electron chi connectivity index (χ0n) is 15.0. The average molecular weight is 330 g/mol. The maximum atomic E-state index is 12.0. The summed E-state index contributed by atoms with van der Waals surface area (Å²) in [5.41, 5.74) is 4.20. The number of carbonyl (C=O) groups excluding carboxylic acids is 1. The zero-order valence-corrected chi connectivity index (χ0v) is 15.0. The summed E-state index contributed by atoms with van der Waals surface area (Å²) in [6.45, 7) is 8.66. The van der Waals surface area contributed by atoms with E-state index in [0.29, 0.717) is 12.5 Å². The van der Waals surface area contributed by atoms with Gasteiger partial charge in [0.25, 0.3) is 0 Å². The molecule has 1 aromatic rings. The molecule has 2 saturated heterocycles. The molecule has 0 saturated carbocycles. The Hall–Kier alpha value is -1.55. The number of hydrogen-bond donors (Lipinski definition) is 1. The quantitative estimate of drug-likeness (QED) is 0.861. The van der Waals surface area contributed by atoms with Crippen molar-refractivity contribution in [2.45, 2.75) is 45.4 Å². The van der Waals surface area contributed by atoms with Crippen LogP contribution in [0.4, 0.5) is 5.69 Å². The van der Waals surface area contributed by atoms with Gasteiger partial charge in [-0.3, -0.25) is 4.79 Å². The molecule has 0 radical (unpaired) electrons. The second-order valence-corrected chi connectivity index (χ2v) is 7.10. The Morgan fingerprint density at radius 3 is 2.58 bits per heavy atom. The number of carbonyl (C=O) groups is 1. The molecule has 2 aliphatic heterocycles. The Labute approximate surface area is 145 Å². The summed E-state index contributed by atoms with van der Waals surface area (Å²) in [5.74, 6) is 0.720. The Kier molecular flexibility index (Phi) is 5.77. The SMILES string of the molecule is CCOC(=O)C1CCN(c2cc(C)ccc2C2CCNCC2)CC1. The van der Waals surface area contributed by atoms with Crippen LogP contribution in [0.1, 0.15) is 49.7 Å². The largest absolute Gasteiger partial charge is 0.466 e. The van der Waals surface area contributed by atoms with Crippen LogP contribution in [0.2, 0.25) is 0 Å². The predicted molar refractivity (Wildman–Crippen MR) is 97.6 cm³/mol. The Morgan fingerprint density at radius 1 is 1.21 bits per heavy atom. The lowest BCUT2D eigenvalue weighted by Crippen LogP contribution is -2.38. The highest BCUT2D eigenvalue weighted by molar-refractivity contribution is 5.73. The van der Waals surface area contributed by atoms with Crippen LogP contribution in [0.15, 0.2) is 18.2 Å². The van der Waals surface area contributed by atoms with Gasteiger partial charge < -0.3 is 15.0 Å². The maximum absolute atomic E-state index is 12.0. The highest BCUT2D eigenvalue weighted by Gasteiger charge is 2.28. The molecule has 2 heterocycles. The molecule has 0 aliphatic carbocycles. The molecule has 0 spiro atoms. The van der Waals surface area contributed by atoms with Crippen LogP contribution in [-0.4, -0.2) is 38.8 Å². The van der Waals surface area contributed by atoms with Crippen molar-refractivity contribution in [3.63, 3.8) is 0 Å². The fourth-order valence-electron chi connectivity index (χ4n) is 4.02. The molecular weight excluding hydrogens is 300 g/mol. The normalized spacial score (nSPS) is 20.2. The topological polar surface area (TPSA) is 41.6 Å². The van der Waals surface area contributed by atoms with Crippen molar-refractivity contribution in [2.75, 3.05) is 37.7 Å². The van der Waals surface area contributed by atoms with Crippen LogP contribution >= 0.6 is 0 Å². The third kappa shape index (κ3) is 3.92. The van der Waals surface area contributed by atoms with Crippen LogP contribution in [0.5, 0.6) is 0 Å². The van der Waals surface area contributed by atoms with Gasteiger partial charge in [-0.1, -0.05) is 12.1 Å². The zero-order chi connectivity index (χ0) is 16.9. The van der Waals surface area contributed by atoms with E-state index in [0.717, 1.165) is 39.0 Å². The lowest BCUT2D eigenvalue weighted by molar-refractivity contribution is -0.148. The van der Waals surface area contributed by atoms with Crippen molar-refractivity contribution in [1.29, 1.82) is 0 Å². The van der Waals surface area contributed by atoms with Gasteiger partial charge in [-0.05, 0) is 75.7 Å². The highest BCUT2D eigenvalue weighted by Crippen LogP contribution is 2.35. The van der Waals surface area contributed by atoms with E-state index in [1.165, 1.54) is 29.7 Å². The third-order valence-electron chi connectivity index (χ3n) is 5.42. The minimum absolute atomic E-state index is 0.0139. The number of hydrogen-bond acceptors (Lipinski definition) is 4. The second kappa shape index (κ2) is 8.02. The van der Waals surface area contributed by atoms with Gasteiger partial charge in [-0.2, -0.15) is 0 Å². The van der Waals surface area contributed by atoms with Crippen LogP contribution in [-0.2, 0) is 9.53 Å². The van der Waals surface area contributed by atoms with E-state index >= 15 is 0 Å². The molecular formula is C20H30N2O2. The summed E-state index contributed by atoms with van der Waals surface area (Å²) in [6.07, 6.45) is 4.24. The van der Waals surface area contributed by atoms with E-state index in [4.69, 9.17) is 4.74 Å². The number of rotatable bonds is 4. The summed E-state index contributed by atoms with van der Waals surface area (Å²) in [7, 11) is 0. The monoisotopic (exact) mass is 330 g/mol. The summed E-state index contributed by atoms with van der Waals surface area (Å²) in [5, 5.41) is 3.46. The highest BCUT2D eigenvalue weighted by atomic mass is 16.5. The van der Waals surface area contributed by atoms with Crippen LogP contribution < -0.4 is 10.2 Å². The van der Waals surface area contributed by atoms with Crippen LogP contribution in [0.3, 0.4) is 0 Å². The fraction of sp³-hybridized carbons (Fsp3) is 0.650. The first-order valence-electron chi connectivity index (χ1n) is 9.42. The van der Waals surface area contributed by atoms with E-state index < -0.39 is 0 Å². The Bertz CT molecular complexity index is 559. The van der Waals surface area contributed by atoms with Gasteiger partial charge in [0.05, 0.1) is 12.5 Å². The van der Waals surface area contributed by atoms with E-state index in [1.807, 2.05) is 6.92 Å². The molecule has 0 unspecified atom stereocenters. The maximum Gasteiger partial charge on any atom is 0.309 e. The third-order valence-corrected chi connectivity index (χ3v) is 5.42. The first kappa shape index (κ1) is 17.3. The number of benzene rings is 1. The lowest BCUT2D eigenvalue weighted by Gasteiger charge is -2.36. The molecule has 0 bridgehead atoms. The second-order valence-electron chi connectivity index (χ2n) is 7.10. The number of nitrogens with one attached hydrogen (secondary N) is 1. The molecule has 3 rings (SSSR count). The number of anilines is 1. The van der Waals surface area contributed by atoms with Gasteiger partial charge in [0.2, 0.25) is 0 Å². The van der Waals surface area contributed by atoms with Crippen molar-refractivity contribution in [3.05, 3.63) is 29.3 Å². The summed E-state index contributed by atoms with van der Waals surface area (Å²) < 4.78 is 5.20. The van der Waals surface area contributed by atoms with Crippen LogP contribution in [0.25, 0.3) is 0 Å². The predicted octanol–water partition coefficient (Wildman–Crippen LogP) is 3.24. The molecule has 132 valence electrons. The van der Waals surface area contributed by atoms with Crippen LogP contribution in [0, 0.1) is 12.8 Å². The molecule has 4 heteroatoms. The van der Waals surface area contributed by atoms with Crippen molar-refractivity contribution in [3.8, 4) is 0 Å². The van der Waals surface area contributed by atoms with E-state index in [-0.39, 0.29) is 11.9 Å². The first-order valence-corrected chi connectivity index (χ1v) is 9.42. The lowest BCUT2D eigenvalue weighted by atomic mass is 9.87. The van der Waals surface area contributed by atoms with E-state index in [1.54, 1.807) is 0 Å². The van der Waals surface area contributed by atoms with Gasteiger partial charge in [0.15, 0.2) is 0 Å². The van der Waals surface area contributed by atoms with E-state index in [9.17, 15) is 4.79 Å². The molecule has 2 aliphatic rings. The van der Waals surface area contributed by atoms with Crippen molar-refractivity contribution < 1.29 is 9.53 Å². The molecule has 0 atom stereocenters. The minimum Gasteiger partial charge on any atom is -0.466 e. The van der Waals surface area contributed by atoms with Crippen molar-refractivity contribution >= 4 is 11.7 Å². The smallest absolute Gasteiger partial charge is 0.309 e. The molecule has 1 aromatic carbocycles. The Balaban J connectivity index is 1.72. The van der Waals surface area contributed by atoms with Gasteiger partial charge in [0.1, 0.15) is 0 Å². The molecule has 4 nitrogen and oxygen atoms in total. The minimum atomic E-state index is -0.0139. The Morgan fingerprint density at radius 2 is 1.92 bits per heavy atom. The number of nitrogens with zero attached hydrogens (tertiary/aromatic N) is 1. The number of aryl methyl sites for hydroxylation is 1. The van der Waals surface area contributed by atoms with E-state index in [2.05, 4.69) is 35.3 Å².